The van der Waals surface area contributed by atoms with E-state index in [1.165, 1.54) is 31.3 Å². The SMILES string of the molecule is c1ccc(-c2ccc(-c3nc(-c4ccc(-c5ccccc5)cc4)nc(-c4ccc5sc6ccccc6c5c4)n3)cc2)cc1. The number of benzene rings is 6. The molecule has 2 heterocycles. The van der Waals surface area contributed by atoms with Gasteiger partial charge in [-0.05, 0) is 46.5 Å². The third-order valence-corrected chi connectivity index (χ3v) is 8.92. The van der Waals surface area contributed by atoms with E-state index in [1.54, 1.807) is 0 Å². The Kier molecular flexibility index (Phi) is 6.32. The van der Waals surface area contributed by atoms with Crippen LogP contribution in [0.25, 0.3) is 76.6 Å². The van der Waals surface area contributed by atoms with Gasteiger partial charge in [0.25, 0.3) is 0 Å². The minimum atomic E-state index is 0.655. The average Bonchev–Trinajstić information content (AvgIpc) is 3.47. The summed E-state index contributed by atoms with van der Waals surface area (Å²) in [4.78, 5) is 15.0. The van der Waals surface area contributed by atoms with Crippen LogP contribution in [0.3, 0.4) is 0 Å². The van der Waals surface area contributed by atoms with E-state index in [4.69, 9.17) is 15.0 Å². The maximum absolute atomic E-state index is 5.02. The second kappa shape index (κ2) is 10.8. The van der Waals surface area contributed by atoms with Gasteiger partial charge in [0.2, 0.25) is 0 Å². The average molecular weight is 568 g/mol. The lowest BCUT2D eigenvalue weighted by Gasteiger charge is -2.10. The summed E-state index contributed by atoms with van der Waals surface area (Å²) >= 11 is 1.81. The molecule has 2 aromatic heterocycles. The molecule has 0 radical (unpaired) electrons. The lowest BCUT2D eigenvalue weighted by molar-refractivity contribution is 1.07. The van der Waals surface area contributed by atoms with Crippen LogP contribution in [0.1, 0.15) is 0 Å². The largest absolute Gasteiger partial charge is 0.208 e. The summed E-state index contributed by atoms with van der Waals surface area (Å²) in [6.45, 7) is 0. The zero-order valence-electron chi connectivity index (χ0n) is 23.2. The summed E-state index contributed by atoms with van der Waals surface area (Å²) in [7, 11) is 0. The molecule has 4 heteroatoms. The summed E-state index contributed by atoms with van der Waals surface area (Å²) in [6.07, 6.45) is 0. The molecule has 0 bridgehead atoms. The van der Waals surface area contributed by atoms with Gasteiger partial charge < -0.3 is 0 Å². The third kappa shape index (κ3) is 4.88. The van der Waals surface area contributed by atoms with Gasteiger partial charge in [0, 0.05) is 36.9 Å². The number of hydrogen-bond acceptors (Lipinski definition) is 4. The molecule has 0 unspecified atom stereocenters. The second-order valence-corrected chi connectivity index (χ2v) is 11.6. The number of fused-ring (bicyclic) bond motifs is 3. The highest BCUT2D eigenvalue weighted by Gasteiger charge is 2.14. The molecule has 0 amide bonds. The quantitative estimate of drug-likeness (QED) is 0.208. The molecular formula is C39H25N3S. The first kappa shape index (κ1) is 25.3. The Labute approximate surface area is 253 Å². The molecule has 0 spiro atoms. The second-order valence-electron chi connectivity index (χ2n) is 10.5. The van der Waals surface area contributed by atoms with E-state index in [0.717, 1.165) is 27.8 Å². The third-order valence-electron chi connectivity index (χ3n) is 7.77. The van der Waals surface area contributed by atoms with Gasteiger partial charge in [0.1, 0.15) is 0 Å². The number of hydrogen-bond donors (Lipinski definition) is 0. The van der Waals surface area contributed by atoms with Gasteiger partial charge in [0.05, 0.1) is 0 Å². The van der Waals surface area contributed by atoms with Crippen molar-refractivity contribution >= 4 is 31.5 Å². The van der Waals surface area contributed by atoms with Gasteiger partial charge in [-0.2, -0.15) is 0 Å². The fraction of sp³-hybridized carbons (Fsp3) is 0. The lowest BCUT2D eigenvalue weighted by atomic mass is 10.0. The van der Waals surface area contributed by atoms with Crippen molar-refractivity contribution in [1.82, 2.24) is 15.0 Å². The summed E-state index contributed by atoms with van der Waals surface area (Å²) in [5.41, 5.74) is 7.56. The Bertz CT molecular complexity index is 2100. The van der Waals surface area contributed by atoms with Crippen molar-refractivity contribution in [2.45, 2.75) is 0 Å². The molecule has 8 rings (SSSR count). The van der Waals surface area contributed by atoms with Crippen LogP contribution < -0.4 is 0 Å². The minimum Gasteiger partial charge on any atom is -0.208 e. The predicted molar refractivity (Wildman–Crippen MR) is 180 cm³/mol. The Hall–Kier alpha value is -5.45. The van der Waals surface area contributed by atoms with Gasteiger partial charge in [0.15, 0.2) is 17.5 Å². The number of rotatable bonds is 5. The van der Waals surface area contributed by atoms with Crippen molar-refractivity contribution in [3.8, 4) is 56.4 Å². The molecule has 0 N–H and O–H groups in total. The molecule has 0 aliphatic rings. The highest BCUT2D eigenvalue weighted by Crippen LogP contribution is 2.36. The lowest BCUT2D eigenvalue weighted by Crippen LogP contribution is -2.00. The zero-order chi connectivity index (χ0) is 28.6. The maximum Gasteiger partial charge on any atom is 0.164 e. The molecule has 6 aromatic carbocycles. The van der Waals surface area contributed by atoms with Gasteiger partial charge in [-0.3, -0.25) is 0 Å². The summed E-state index contributed by atoms with van der Waals surface area (Å²) in [6, 6.07) is 52.8. The Balaban J connectivity index is 1.25. The predicted octanol–water partition coefficient (Wildman–Crippen LogP) is 10.6. The summed E-state index contributed by atoms with van der Waals surface area (Å²) in [5.74, 6) is 1.97. The van der Waals surface area contributed by atoms with E-state index in [0.29, 0.717) is 17.5 Å². The molecule has 8 aromatic rings. The maximum atomic E-state index is 5.02. The zero-order valence-corrected chi connectivity index (χ0v) is 24.0. The van der Waals surface area contributed by atoms with Gasteiger partial charge in [-0.25, -0.2) is 15.0 Å². The molecule has 0 atom stereocenters. The van der Waals surface area contributed by atoms with E-state index in [2.05, 4.69) is 140 Å². The Morgan fingerprint density at radius 1 is 0.302 bits per heavy atom. The van der Waals surface area contributed by atoms with Gasteiger partial charge in [-0.1, -0.05) is 127 Å². The number of aromatic nitrogens is 3. The first-order chi connectivity index (χ1) is 21.3. The molecule has 0 fully saturated rings. The van der Waals surface area contributed by atoms with Crippen molar-refractivity contribution in [2.75, 3.05) is 0 Å². The normalized spacial score (nSPS) is 11.3. The van der Waals surface area contributed by atoms with E-state index in [9.17, 15) is 0 Å². The van der Waals surface area contributed by atoms with Crippen LogP contribution >= 0.6 is 11.3 Å². The van der Waals surface area contributed by atoms with Gasteiger partial charge >= 0.3 is 0 Å². The summed E-state index contributed by atoms with van der Waals surface area (Å²) in [5, 5.41) is 2.48. The van der Waals surface area contributed by atoms with Crippen LogP contribution in [-0.2, 0) is 0 Å². The highest BCUT2D eigenvalue weighted by atomic mass is 32.1. The molecular weight excluding hydrogens is 543 g/mol. The van der Waals surface area contributed by atoms with Crippen molar-refractivity contribution in [3.63, 3.8) is 0 Å². The number of nitrogens with zero attached hydrogens (tertiary/aromatic N) is 3. The van der Waals surface area contributed by atoms with E-state index < -0.39 is 0 Å². The van der Waals surface area contributed by atoms with Crippen LogP contribution in [-0.4, -0.2) is 15.0 Å². The Morgan fingerprint density at radius 3 is 1.26 bits per heavy atom. The van der Waals surface area contributed by atoms with E-state index in [1.807, 2.05) is 23.5 Å². The molecule has 202 valence electrons. The molecule has 0 saturated carbocycles. The van der Waals surface area contributed by atoms with Crippen LogP contribution in [0, 0.1) is 0 Å². The van der Waals surface area contributed by atoms with Crippen LogP contribution in [0.15, 0.2) is 152 Å². The summed E-state index contributed by atoms with van der Waals surface area (Å²) < 4.78 is 2.54. The first-order valence-electron chi connectivity index (χ1n) is 14.3. The molecule has 0 aliphatic carbocycles. The van der Waals surface area contributed by atoms with Gasteiger partial charge in [-0.15, -0.1) is 11.3 Å². The molecule has 3 nitrogen and oxygen atoms in total. The standard InChI is InChI=1S/C39H25N3S/c1-3-9-26(10-4-1)28-15-19-30(20-16-28)37-40-38(31-21-17-29(18-22-31)27-11-5-2-6-12-27)42-39(41-37)32-23-24-36-34(25-32)33-13-7-8-14-35(33)43-36/h1-25H. The number of thiophene rings is 1. The van der Waals surface area contributed by atoms with Crippen molar-refractivity contribution in [1.29, 1.82) is 0 Å². The van der Waals surface area contributed by atoms with Crippen molar-refractivity contribution in [3.05, 3.63) is 152 Å². The smallest absolute Gasteiger partial charge is 0.164 e. The van der Waals surface area contributed by atoms with E-state index >= 15 is 0 Å². The fourth-order valence-corrected chi connectivity index (χ4v) is 6.60. The van der Waals surface area contributed by atoms with E-state index in [-0.39, 0.29) is 0 Å². The van der Waals surface area contributed by atoms with Crippen LogP contribution in [0.2, 0.25) is 0 Å². The van der Waals surface area contributed by atoms with Crippen molar-refractivity contribution in [2.24, 2.45) is 0 Å². The van der Waals surface area contributed by atoms with Crippen molar-refractivity contribution < 1.29 is 0 Å². The van der Waals surface area contributed by atoms with Crippen LogP contribution in [0.5, 0.6) is 0 Å². The first-order valence-corrected chi connectivity index (χ1v) is 15.1. The highest BCUT2D eigenvalue weighted by molar-refractivity contribution is 7.25. The fourth-order valence-electron chi connectivity index (χ4n) is 5.51. The molecule has 0 aliphatic heterocycles. The monoisotopic (exact) mass is 567 g/mol. The topological polar surface area (TPSA) is 38.7 Å². The minimum absolute atomic E-state index is 0.655. The Morgan fingerprint density at radius 2 is 0.698 bits per heavy atom. The molecule has 43 heavy (non-hydrogen) atoms. The van der Waals surface area contributed by atoms with Crippen LogP contribution in [0.4, 0.5) is 0 Å². The molecule has 0 saturated heterocycles.